The van der Waals surface area contributed by atoms with Gasteiger partial charge < -0.3 is 20.7 Å². The molecule has 0 amide bonds. The third-order valence-corrected chi connectivity index (χ3v) is 7.59. The topological polar surface area (TPSA) is 84.0 Å². The van der Waals surface area contributed by atoms with Crippen LogP contribution < -0.4 is 20.7 Å². The molecule has 0 saturated heterocycles. The van der Waals surface area contributed by atoms with Gasteiger partial charge in [0.15, 0.2) is 11.6 Å². The smallest absolute Gasteiger partial charge is 0.233 e. The predicted molar refractivity (Wildman–Crippen MR) is 129 cm³/mol. The molecule has 3 N–H and O–H groups in total. The number of halogens is 1. The van der Waals surface area contributed by atoms with Crippen LogP contribution in [0.25, 0.3) is 0 Å². The van der Waals surface area contributed by atoms with Crippen LogP contribution in [-0.2, 0) is 0 Å². The van der Waals surface area contributed by atoms with Gasteiger partial charge in [0.1, 0.15) is 0 Å². The van der Waals surface area contributed by atoms with E-state index in [0.29, 0.717) is 41.5 Å². The van der Waals surface area contributed by atoms with E-state index < -0.39 is 5.82 Å². The molecule has 8 heteroatoms. The van der Waals surface area contributed by atoms with Crippen molar-refractivity contribution in [1.82, 2.24) is 15.0 Å². The number of aromatic nitrogens is 3. The number of benzene rings is 1. The third-order valence-electron chi connectivity index (χ3n) is 7.59. The molecular weight excluding hydrogens is 419 g/mol. The molecule has 178 valence electrons. The number of anilines is 4. The average molecular weight is 455 g/mol. The summed E-state index contributed by atoms with van der Waals surface area (Å²) >= 11 is 0. The van der Waals surface area contributed by atoms with Crippen LogP contribution in [0.4, 0.5) is 27.9 Å². The van der Waals surface area contributed by atoms with E-state index in [-0.39, 0.29) is 5.75 Å². The van der Waals surface area contributed by atoms with Gasteiger partial charge in [-0.15, -0.1) is 0 Å². The van der Waals surface area contributed by atoms with E-state index >= 15 is 0 Å². The maximum absolute atomic E-state index is 14.2. The molecule has 0 radical (unpaired) electrons. The van der Waals surface area contributed by atoms with Crippen LogP contribution in [0.3, 0.4) is 0 Å². The van der Waals surface area contributed by atoms with Crippen LogP contribution in [0.1, 0.15) is 70.6 Å². The Morgan fingerprint density at radius 2 is 1.55 bits per heavy atom. The lowest BCUT2D eigenvalue weighted by molar-refractivity contribution is 0.157. The standard InChI is InChI=1S/C25H35FN6O/c1-33-22-13-12-19(15-20(22)26)28-24-30-23(27-18-6-4-2-3-5-7-18)31-25(32-24)29-21-14-16-8-10-17(21)11-9-16/h12-13,15-18,21H,2-11,14H2,1H3,(H3,27,28,29,30,31,32). The Morgan fingerprint density at radius 3 is 2.18 bits per heavy atom. The van der Waals surface area contributed by atoms with Crippen LogP contribution in [0.5, 0.6) is 5.75 Å². The minimum absolute atomic E-state index is 0.210. The van der Waals surface area contributed by atoms with Crippen molar-refractivity contribution < 1.29 is 9.13 Å². The van der Waals surface area contributed by atoms with Crippen LogP contribution >= 0.6 is 0 Å². The van der Waals surface area contributed by atoms with Gasteiger partial charge in [0.05, 0.1) is 7.11 Å². The van der Waals surface area contributed by atoms with Gasteiger partial charge in [-0.3, -0.25) is 0 Å². The Bertz CT molecular complexity index is 940. The summed E-state index contributed by atoms with van der Waals surface area (Å²) in [6.45, 7) is 0. The molecule has 6 rings (SSSR count). The molecule has 4 saturated carbocycles. The van der Waals surface area contributed by atoms with Crippen LogP contribution in [0, 0.1) is 17.7 Å². The zero-order chi connectivity index (χ0) is 22.6. The summed E-state index contributed by atoms with van der Waals surface area (Å²) in [4.78, 5) is 14.0. The first kappa shape index (κ1) is 22.2. The summed E-state index contributed by atoms with van der Waals surface area (Å²) in [6.07, 6.45) is 13.8. The number of fused-ring (bicyclic) bond motifs is 3. The largest absolute Gasteiger partial charge is 0.494 e. The van der Waals surface area contributed by atoms with E-state index in [4.69, 9.17) is 9.72 Å². The van der Waals surface area contributed by atoms with E-state index in [0.717, 1.165) is 18.8 Å². The first-order chi connectivity index (χ1) is 16.2. The fourth-order valence-electron chi connectivity index (χ4n) is 5.76. The molecule has 2 bridgehead atoms. The van der Waals surface area contributed by atoms with Gasteiger partial charge in [-0.1, -0.05) is 38.5 Å². The van der Waals surface area contributed by atoms with Crippen molar-refractivity contribution in [2.24, 2.45) is 11.8 Å². The molecular formula is C25H35FN6O. The van der Waals surface area contributed by atoms with Gasteiger partial charge in [0, 0.05) is 23.8 Å². The number of hydrogen-bond donors (Lipinski definition) is 3. The molecule has 1 aromatic carbocycles. The van der Waals surface area contributed by atoms with Gasteiger partial charge in [-0.2, -0.15) is 15.0 Å². The van der Waals surface area contributed by atoms with Gasteiger partial charge in [-0.25, -0.2) is 4.39 Å². The molecule has 4 fully saturated rings. The summed E-state index contributed by atoms with van der Waals surface area (Å²) in [5.74, 6) is 2.88. The Labute approximate surface area is 195 Å². The van der Waals surface area contributed by atoms with Crippen molar-refractivity contribution in [2.45, 2.75) is 82.7 Å². The molecule has 0 aliphatic heterocycles. The minimum Gasteiger partial charge on any atom is -0.494 e. The summed E-state index contributed by atoms with van der Waals surface area (Å²) in [5, 5.41) is 10.3. The van der Waals surface area contributed by atoms with Crippen molar-refractivity contribution in [3.05, 3.63) is 24.0 Å². The summed E-state index contributed by atoms with van der Waals surface area (Å²) in [7, 11) is 1.46. The van der Waals surface area contributed by atoms with Crippen LogP contribution in [-0.4, -0.2) is 34.1 Å². The highest BCUT2D eigenvalue weighted by molar-refractivity contribution is 5.57. The van der Waals surface area contributed by atoms with E-state index in [9.17, 15) is 4.39 Å². The summed E-state index contributed by atoms with van der Waals surface area (Å²) in [5.41, 5.74) is 0.572. The molecule has 4 aliphatic rings. The third kappa shape index (κ3) is 5.47. The lowest BCUT2D eigenvalue weighted by Crippen LogP contribution is -2.40. The minimum atomic E-state index is -0.426. The predicted octanol–water partition coefficient (Wildman–Crippen LogP) is 5.89. The van der Waals surface area contributed by atoms with Crippen LogP contribution in [0.2, 0.25) is 0 Å². The number of methoxy groups -OCH3 is 1. The monoisotopic (exact) mass is 454 g/mol. The van der Waals surface area contributed by atoms with E-state index in [1.165, 1.54) is 71.0 Å². The molecule has 1 atom stereocenters. The highest BCUT2D eigenvalue weighted by atomic mass is 19.1. The lowest BCUT2D eigenvalue weighted by Gasteiger charge is -2.42. The van der Waals surface area contributed by atoms with Crippen molar-refractivity contribution >= 4 is 23.5 Å². The maximum atomic E-state index is 14.2. The molecule has 7 nitrogen and oxygen atoms in total. The van der Waals surface area contributed by atoms with Crippen LogP contribution in [0.15, 0.2) is 18.2 Å². The highest BCUT2D eigenvalue weighted by Gasteiger charge is 2.36. The quantitative estimate of drug-likeness (QED) is 0.450. The number of rotatable bonds is 7. The Hall–Kier alpha value is -2.64. The molecule has 0 spiro atoms. The Morgan fingerprint density at radius 1 is 0.848 bits per heavy atom. The second-order valence-electron chi connectivity index (χ2n) is 9.88. The van der Waals surface area contributed by atoms with E-state index in [2.05, 4.69) is 25.9 Å². The fraction of sp³-hybridized carbons (Fsp3) is 0.640. The van der Waals surface area contributed by atoms with Crippen molar-refractivity contribution in [2.75, 3.05) is 23.1 Å². The molecule has 2 aromatic rings. The molecule has 1 aromatic heterocycles. The van der Waals surface area contributed by atoms with Gasteiger partial charge in [0.2, 0.25) is 17.8 Å². The molecule has 4 aliphatic carbocycles. The van der Waals surface area contributed by atoms with Crippen molar-refractivity contribution in [3.8, 4) is 5.75 Å². The molecule has 1 unspecified atom stereocenters. The summed E-state index contributed by atoms with van der Waals surface area (Å²) < 4.78 is 19.2. The first-order valence-electron chi connectivity index (χ1n) is 12.6. The summed E-state index contributed by atoms with van der Waals surface area (Å²) in [6, 6.07) is 5.55. The SMILES string of the molecule is COc1ccc(Nc2nc(NC3CCCCCC3)nc(NC3CC4CCC3CC4)n2)cc1F. The van der Waals surface area contributed by atoms with E-state index in [1.807, 2.05) is 0 Å². The zero-order valence-electron chi connectivity index (χ0n) is 19.4. The number of hydrogen-bond acceptors (Lipinski definition) is 7. The average Bonchev–Trinajstić information content (AvgIpc) is 3.08. The maximum Gasteiger partial charge on any atom is 0.233 e. The van der Waals surface area contributed by atoms with Crippen molar-refractivity contribution in [1.29, 1.82) is 0 Å². The Balaban J connectivity index is 1.37. The lowest BCUT2D eigenvalue weighted by atomic mass is 9.68. The van der Waals surface area contributed by atoms with Crippen molar-refractivity contribution in [3.63, 3.8) is 0 Å². The highest BCUT2D eigenvalue weighted by Crippen LogP contribution is 2.42. The molecule has 33 heavy (non-hydrogen) atoms. The second kappa shape index (κ2) is 10.1. The fourth-order valence-corrected chi connectivity index (χ4v) is 5.76. The number of nitrogens with one attached hydrogen (secondary N) is 3. The number of nitrogens with zero attached hydrogens (tertiary/aromatic N) is 3. The second-order valence-corrected chi connectivity index (χ2v) is 9.88. The Kier molecular flexibility index (Phi) is 6.78. The zero-order valence-corrected chi connectivity index (χ0v) is 19.4. The van der Waals surface area contributed by atoms with Gasteiger partial charge in [-0.05, 0) is 56.1 Å². The first-order valence-corrected chi connectivity index (χ1v) is 12.6. The van der Waals surface area contributed by atoms with E-state index in [1.54, 1.807) is 12.1 Å². The normalized spacial score (nSPS) is 25.3. The van der Waals surface area contributed by atoms with Gasteiger partial charge in [0.25, 0.3) is 0 Å². The number of ether oxygens (including phenoxy) is 1. The molecule has 1 heterocycles. The van der Waals surface area contributed by atoms with Gasteiger partial charge >= 0.3 is 0 Å².